The van der Waals surface area contributed by atoms with E-state index in [9.17, 15) is 28.8 Å². The van der Waals surface area contributed by atoms with Gasteiger partial charge in [0.2, 0.25) is 0 Å². The lowest BCUT2D eigenvalue weighted by molar-refractivity contribution is -0.166. The molecule has 0 saturated carbocycles. The number of hydrogen-bond acceptors (Lipinski definition) is 12. The van der Waals surface area contributed by atoms with E-state index in [1.54, 1.807) is 38.1 Å². The second-order valence-electron chi connectivity index (χ2n) is 9.74. The summed E-state index contributed by atoms with van der Waals surface area (Å²) in [6.45, 7) is 6.52. The number of ether oxygens (including phenoxy) is 4. The van der Waals surface area contributed by atoms with Crippen molar-refractivity contribution < 1.29 is 56.8 Å². The molecular formula is C27H35N2O12P. The highest BCUT2D eigenvalue weighted by Gasteiger charge is 2.52. The van der Waals surface area contributed by atoms with Gasteiger partial charge in [0.25, 0.3) is 0 Å². The Balaban J connectivity index is 1.90. The van der Waals surface area contributed by atoms with E-state index in [1.807, 2.05) is 0 Å². The van der Waals surface area contributed by atoms with Gasteiger partial charge in [-0.25, -0.2) is 9.36 Å². The molecule has 0 radical (unpaired) electrons. The molecule has 15 heteroatoms. The summed E-state index contributed by atoms with van der Waals surface area (Å²) < 4.78 is 47.4. The molecular weight excluding hydrogens is 575 g/mol. The van der Waals surface area contributed by atoms with Crippen LogP contribution in [0.25, 0.3) is 0 Å². The number of carboxylic acids is 1. The highest BCUT2D eigenvalue weighted by atomic mass is 31.2. The van der Waals surface area contributed by atoms with Gasteiger partial charge in [-0.3, -0.25) is 18.9 Å². The molecule has 230 valence electrons. The number of carboxylic acid groups (broad SMARTS) is 1. The lowest BCUT2D eigenvalue weighted by Gasteiger charge is -2.30. The number of aliphatic carboxylic acids is 1. The number of benzene rings is 1. The predicted molar refractivity (Wildman–Crippen MR) is 146 cm³/mol. The zero-order chi connectivity index (χ0) is 31.0. The van der Waals surface area contributed by atoms with Crippen LogP contribution >= 0.6 is 7.75 Å². The highest BCUT2D eigenvalue weighted by Crippen LogP contribution is 2.46. The fourth-order valence-electron chi connectivity index (χ4n) is 4.12. The number of hydrogen-bond donors (Lipinski definition) is 2. The van der Waals surface area contributed by atoms with E-state index in [0.29, 0.717) is 0 Å². The van der Waals surface area contributed by atoms with E-state index in [1.165, 1.54) is 36.4 Å². The van der Waals surface area contributed by atoms with Crippen LogP contribution in [0.3, 0.4) is 0 Å². The van der Waals surface area contributed by atoms with Crippen molar-refractivity contribution in [1.29, 1.82) is 0 Å². The van der Waals surface area contributed by atoms with Crippen molar-refractivity contribution in [2.75, 3.05) is 6.61 Å². The number of allylic oxidation sites excluding steroid dienone is 1. The van der Waals surface area contributed by atoms with Crippen LogP contribution < -0.4 is 9.61 Å². The minimum absolute atomic E-state index is 0.0404. The van der Waals surface area contributed by atoms with E-state index < -0.39 is 74.9 Å². The Labute approximate surface area is 243 Å². The summed E-state index contributed by atoms with van der Waals surface area (Å²) in [4.78, 5) is 49.4. The molecule has 1 unspecified atom stereocenters. The molecule has 0 spiro atoms. The number of carbonyl (C=O) groups is 4. The Hall–Kier alpha value is -3.71. The molecule has 42 heavy (non-hydrogen) atoms. The number of rotatable bonds is 13. The molecule has 14 nitrogen and oxygen atoms in total. The maximum Gasteiger partial charge on any atom is 0.459 e. The summed E-state index contributed by atoms with van der Waals surface area (Å²) in [7, 11) is -4.33. The van der Waals surface area contributed by atoms with Gasteiger partial charge >= 0.3 is 31.6 Å². The minimum atomic E-state index is -4.33. The molecule has 2 aliphatic rings. The first-order valence-corrected chi connectivity index (χ1v) is 14.7. The number of nitrogens with one attached hydrogen (secondary N) is 1. The SMILES string of the molecule is CC(=O)O[C@@H]1[C@H](OC(C)=O)[C@@H](COP(=O)(N[C@@H](C)C(=O)OC(C)C)Oc2ccccc2)O[C@H]1N1C=CCC(C(=O)O)=C1. The number of esters is 3. The van der Waals surface area contributed by atoms with E-state index in [-0.39, 0.29) is 17.7 Å². The fourth-order valence-corrected chi connectivity index (χ4v) is 5.62. The Kier molecular flexibility index (Phi) is 11.3. The molecule has 1 aromatic carbocycles. The molecule has 1 aromatic rings. The van der Waals surface area contributed by atoms with Crippen molar-refractivity contribution in [2.45, 2.75) is 77.7 Å². The highest BCUT2D eigenvalue weighted by molar-refractivity contribution is 7.52. The van der Waals surface area contributed by atoms with Crippen LogP contribution in [0.1, 0.15) is 41.0 Å². The van der Waals surface area contributed by atoms with Gasteiger partial charge in [0.05, 0.1) is 18.3 Å². The average molecular weight is 611 g/mol. The van der Waals surface area contributed by atoms with Gasteiger partial charge in [-0.1, -0.05) is 24.3 Å². The van der Waals surface area contributed by atoms with Gasteiger partial charge in [0, 0.05) is 32.7 Å². The molecule has 2 aliphatic heterocycles. The van der Waals surface area contributed by atoms with Gasteiger partial charge in [-0.15, -0.1) is 0 Å². The Morgan fingerprint density at radius 2 is 1.71 bits per heavy atom. The molecule has 2 N–H and O–H groups in total. The van der Waals surface area contributed by atoms with E-state index in [0.717, 1.165) is 13.8 Å². The number of carbonyl (C=O) groups excluding carboxylic acids is 3. The largest absolute Gasteiger partial charge is 0.478 e. The van der Waals surface area contributed by atoms with Gasteiger partial charge < -0.3 is 33.5 Å². The van der Waals surface area contributed by atoms with Crippen LogP contribution in [0, 0.1) is 0 Å². The normalized spacial score (nSPS) is 23.9. The third kappa shape index (κ3) is 9.15. The molecule has 1 saturated heterocycles. The van der Waals surface area contributed by atoms with Crippen LogP contribution in [0.4, 0.5) is 0 Å². The van der Waals surface area contributed by atoms with Gasteiger partial charge in [-0.2, -0.15) is 5.09 Å². The predicted octanol–water partition coefficient (Wildman–Crippen LogP) is 2.90. The quantitative estimate of drug-likeness (QED) is 0.189. The summed E-state index contributed by atoms with van der Waals surface area (Å²) in [6, 6.07) is 6.96. The van der Waals surface area contributed by atoms with Gasteiger partial charge in [0.1, 0.15) is 17.9 Å². The van der Waals surface area contributed by atoms with Gasteiger partial charge in [-0.05, 0) is 32.9 Å². The third-order valence-electron chi connectivity index (χ3n) is 5.81. The zero-order valence-corrected chi connectivity index (χ0v) is 24.7. The monoisotopic (exact) mass is 610 g/mol. The van der Waals surface area contributed by atoms with Crippen molar-refractivity contribution >= 4 is 31.6 Å². The summed E-state index contributed by atoms with van der Waals surface area (Å²) in [5.41, 5.74) is 0.0404. The molecule has 0 aromatic heterocycles. The van der Waals surface area contributed by atoms with Crippen molar-refractivity contribution in [3.05, 3.63) is 54.4 Å². The van der Waals surface area contributed by atoms with Gasteiger partial charge in [0.15, 0.2) is 18.4 Å². The van der Waals surface area contributed by atoms with Crippen molar-refractivity contribution in [3.8, 4) is 5.75 Å². The Morgan fingerprint density at radius 3 is 2.31 bits per heavy atom. The first-order valence-electron chi connectivity index (χ1n) is 13.1. The fraction of sp³-hybridized carbons (Fsp3) is 0.481. The molecule has 0 amide bonds. The average Bonchev–Trinajstić information content (AvgIpc) is 3.23. The van der Waals surface area contributed by atoms with Crippen LogP contribution in [0.2, 0.25) is 0 Å². The second kappa shape index (κ2) is 14.5. The van der Waals surface area contributed by atoms with Crippen molar-refractivity contribution in [1.82, 2.24) is 9.99 Å². The standard InChI is InChI=1S/C27H35N2O12P/c1-16(2)37-27(34)17(3)28-42(35,41-21-11-7-6-8-12-21)36-15-22-23(38-18(4)30)24(39-19(5)31)25(40-22)29-13-9-10-20(14-29)26(32)33/h6-9,11-14,16-17,22-25H,10,15H2,1-5H3,(H,28,35)(H,32,33)/t17-,22+,23+,24+,25+,42?/m0/s1. The summed E-state index contributed by atoms with van der Waals surface area (Å²) in [5.74, 6) is -3.13. The Bertz CT molecular complexity index is 1250. The number of para-hydroxylation sites is 1. The van der Waals surface area contributed by atoms with E-state index in [4.69, 9.17) is 28.0 Å². The van der Waals surface area contributed by atoms with E-state index in [2.05, 4.69) is 5.09 Å². The molecule has 0 bridgehead atoms. The topological polar surface area (TPSA) is 176 Å². The summed E-state index contributed by atoms with van der Waals surface area (Å²) in [6.07, 6.45) is -0.640. The second-order valence-corrected chi connectivity index (χ2v) is 11.4. The molecule has 6 atom stereocenters. The summed E-state index contributed by atoms with van der Waals surface area (Å²) in [5, 5.41) is 12.0. The van der Waals surface area contributed by atoms with Crippen molar-refractivity contribution in [2.24, 2.45) is 0 Å². The molecule has 3 rings (SSSR count). The lowest BCUT2D eigenvalue weighted by atomic mass is 10.1. The summed E-state index contributed by atoms with van der Waals surface area (Å²) >= 11 is 0. The first-order chi connectivity index (χ1) is 19.8. The van der Waals surface area contributed by atoms with E-state index >= 15 is 0 Å². The van der Waals surface area contributed by atoms with Crippen LogP contribution in [-0.4, -0.2) is 77.2 Å². The zero-order valence-electron chi connectivity index (χ0n) is 23.8. The molecule has 2 heterocycles. The Morgan fingerprint density at radius 1 is 1.07 bits per heavy atom. The molecule has 0 aliphatic carbocycles. The van der Waals surface area contributed by atoms with Crippen LogP contribution in [0.15, 0.2) is 54.4 Å². The number of nitrogens with zero attached hydrogens (tertiary/aromatic N) is 1. The third-order valence-corrected chi connectivity index (χ3v) is 7.46. The lowest BCUT2D eigenvalue weighted by Crippen LogP contribution is -2.45. The molecule has 1 fully saturated rings. The smallest absolute Gasteiger partial charge is 0.459 e. The van der Waals surface area contributed by atoms with Crippen LogP contribution in [0.5, 0.6) is 5.75 Å². The van der Waals surface area contributed by atoms with Crippen LogP contribution in [-0.2, 0) is 47.2 Å². The maximum atomic E-state index is 13.9. The minimum Gasteiger partial charge on any atom is -0.478 e. The first kappa shape index (κ1) is 32.8. The maximum absolute atomic E-state index is 13.9. The van der Waals surface area contributed by atoms with Crippen molar-refractivity contribution in [3.63, 3.8) is 0 Å².